The van der Waals surface area contributed by atoms with Crippen molar-refractivity contribution in [2.75, 3.05) is 27.2 Å². The van der Waals surface area contributed by atoms with Gasteiger partial charge in [0.2, 0.25) is 11.8 Å². The fourth-order valence-corrected chi connectivity index (χ4v) is 2.23. The van der Waals surface area contributed by atoms with Crippen LogP contribution in [0.4, 0.5) is 0 Å². The van der Waals surface area contributed by atoms with Crippen LogP contribution in [0.5, 0.6) is 0 Å². The van der Waals surface area contributed by atoms with Gasteiger partial charge in [-0.25, -0.2) is 0 Å². The van der Waals surface area contributed by atoms with E-state index in [1.807, 2.05) is 37.4 Å². The summed E-state index contributed by atoms with van der Waals surface area (Å²) in [5, 5.41) is 1.06. The number of fused-ring (bicyclic) bond motifs is 1. The predicted molar refractivity (Wildman–Crippen MR) is 83.0 cm³/mol. The molecule has 1 heterocycles. The van der Waals surface area contributed by atoms with Crippen LogP contribution in [0.25, 0.3) is 10.9 Å². The van der Waals surface area contributed by atoms with Gasteiger partial charge in [-0.15, -0.1) is 0 Å². The Balaban J connectivity index is 2.10. The lowest BCUT2D eigenvalue weighted by Crippen LogP contribution is -2.40. The minimum atomic E-state index is -0.0656. The first-order valence-corrected chi connectivity index (χ1v) is 7.05. The maximum absolute atomic E-state index is 12.4. The number of H-pyrrole nitrogens is 1. The van der Waals surface area contributed by atoms with Crippen LogP contribution in [0.15, 0.2) is 30.5 Å². The van der Waals surface area contributed by atoms with Crippen LogP contribution in [0.1, 0.15) is 12.5 Å². The zero-order valence-corrected chi connectivity index (χ0v) is 12.7. The highest BCUT2D eigenvalue weighted by molar-refractivity contribution is 5.90. The summed E-state index contributed by atoms with van der Waals surface area (Å²) in [4.78, 5) is 30.4. The lowest BCUT2D eigenvalue weighted by Gasteiger charge is -2.22. The smallest absolute Gasteiger partial charge is 0.241 e. The van der Waals surface area contributed by atoms with Gasteiger partial charge in [0.05, 0.1) is 13.0 Å². The maximum atomic E-state index is 12.4. The van der Waals surface area contributed by atoms with E-state index in [-0.39, 0.29) is 18.4 Å². The highest BCUT2D eigenvalue weighted by Gasteiger charge is 2.18. The van der Waals surface area contributed by atoms with Crippen LogP contribution < -0.4 is 0 Å². The number of amides is 2. The highest BCUT2D eigenvalue weighted by Crippen LogP contribution is 2.18. The van der Waals surface area contributed by atoms with Crippen LogP contribution in [0.3, 0.4) is 0 Å². The number of aromatic nitrogens is 1. The third kappa shape index (κ3) is 3.42. The number of nitrogens with zero attached hydrogens (tertiary/aromatic N) is 2. The van der Waals surface area contributed by atoms with Crippen molar-refractivity contribution in [1.82, 2.24) is 14.8 Å². The number of nitrogens with one attached hydrogen (secondary N) is 1. The molecule has 0 aliphatic carbocycles. The molecule has 0 aliphatic rings. The lowest BCUT2D eigenvalue weighted by atomic mass is 10.1. The van der Waals surface area contributed by atoms with Gasteiger partial charge in [0.15, 0.2) is 0 Å². The van der Waals surface area contributed by atoms with Gasteiger partial charge in [0, 0.05) is 37.7 Å². The standard InChI is InChI=1S/C16H21N3O2/c1-4-19(11-16(21)18(2)3)15(20)9-12-10-17-14-8-6-5-7-13(12)14/h5-8,10,17H,4,9,11H2,1-3H3. The summed E-state index contributed by atoms with van der Waals surface area (Å²) in [6.45, 7) is 2.54. The number of rotatable bonds is 5. The lowest BCUT2D eigenvalue weighted by molar-refractivity contribution is -0.138. The fourth-order valence-electron chi connectivity index (χ4n) is 2.23. The van der Waals surface area contributed by atoms with Crippen LogP contribution in [0.2, 0.25) is 0 Å². The molecule has 5 heteroatoms. The van der Waals surface area contributed by atoms with Crippen molar-refractivity contribution in [2.45, 2.75) is 13.3 Å². The van der Waals surface area contributed by atoms with Crippen molar-refractivity contribution in [1.29, 1.82) is 0 Å². The van der Waals surface area contributed by atoms with E-state index < -0.39 is 0 Å². The van der Waals surface area contributed by atoms with E-state index in [4.69, 9.17) is 0 Å². The molecule has 0 saturated carbocycles. The maximum Gasteiger partial charge on any atom is 0.241 e. The minimum absolute atomic E-state index is 0.0301. The summed E-state index contributed by atoms with van der Waals surface area (Å²) in [6, 6.07) is 7.89. The molecule has 0 radical (unpaired) electrons. The fraction of sp³-hybridized carbons (Fsp3) is 0.375. The quantitative estimate of drug-likeness (QED) is 0.909. The highest BCUT2D eigenvalue weighted by atomic mass is 16.2. The summed E-state index contributed by atoms with van der Waals surface area (Å²) >= 11 is 0. The molecule has 2 aromatic rings. The second-order valence-electron chi connectivity index (χ2n) is 5.23. The van der Waals surface area contributed by atoms with E-state index in [0.29, 0.717) is 13.0 Å². The van der Waals surface area contributed by atoms with Crippen LogP contribution >= 0.6 is 0 Å². The molecule has 1 aromatic heterocycles. The number of carbonyl (C=O) groups excluding carboxylic acids is 2. The van der Waals surface area contributed by atoms with Crippen molar-refractivity contribution in [3.8, 4) is 0 Å². The summed E-state index contributed by atoms with van der Waals surface area (Å²) < 4.78 is 0. The second-order valence-corrected chi connectivity index (χ2v) is 5.23. The Morgan fingerprint density at radius 1 is 1.14 bits per heavy atom. The van der Waals surface area contributed by atoms with E-state index in [1.165, 1.54) is 4.90 Å². The summed E-state index contributed by atoms with van der Waals surface area (Å²) in [5.41, 5.74) is 1.99. The van der Waals surface area contributed by atoms with E-state index in [9.17, 15) is 9.59 Å². The van der Waals surface area contributed by atoms with Gasteiger partial charge in [-0.2, -0.15) is 0 Å². The molecule has 0 saturated heterocycles. The first-order valence-electron chi connectivity index (χ1n) is 7.05. The molecule has 0 bridgehead atoms. The van der Waals surface area contributed by atoms with Crippen LogP contribution in [0, 0.1) is 0 Å². The van der Waals surface area contributed by atoms with Gasteiger partial charge >= 0.3 is 0 Å². The average molecular weight is 287 g/mol. The Labute approximate surface area is 124 Å². The molecule has 0 aliphatic heterocycles. The Morgan fingerprint density at radius 3 is 2.52 bits per heavy atom. The van der Waals surface area contributed by atoms with Crippen molar-refractivity contribution in [2.24, 2.45) is 0 Å². The predicted octanol–water partition coefficient (Wildman–Crippen LogP) is 1.65. The zero-order chi connectivity index (χ0) is 15.4. The van der Waals surface area contributed by atoms with E-state index >= 15 is 0 Å². The monoisotopic (exact) mass is 287 g/mol. The molecule has 112 valence electrons. The summed E-state index contributed by atoms with van der Waals surface area (Å²) in [5.74, 6) is -0.0958. The third-order valence-corrected chi connectivity index (χ3v) is 3.58. The number of hydrogen-bond donors (Lipinski definition) is 1. The Kier molecular flexibility index (Phi) is 4.62. The number of aromatic amines is 1. The van der Waals surface area contributed by atoms with Crippen LogP contribution in [-0.2, 0) is 16.0 Å². The number of likely N-dealkylation sites (N-methyl/N-ethyl adjacent to an activating group) is 2. The Morgan fingerprint density at radius 2 is 1.86 bits per heavy atom. The molecule has 0 fully saturated rings. The Bertz CT molecular complexity index is 646. The second kappa shape index (κ2) is 6.43. The molecule has 1 N–H and O–H groups in total. The van der Waals surface area contributed by atoms with E-state index in [1.54, 1.807) is 19.0 Å². The van der Waals surface area contributed by atoms with Crippen molar-refractivity contribution >= 4 is 22.7 Å². The molecule has 0 atom stereocenters. The molecule has 1 aromatic carbocycles. The molecule has 2 rings (SSSR count). The van der Waals surface area contributed by atoms with Gasteiger partial charge in [0.1, 0.15) is 0 Å². The van der Waals surface area contributed by atoms with Crippen molar-refractivity contribution in [3.05, 3.63) is 36.0 Å². The van der Waals surface area contributed by atoms with Gasteiger partial charge in [-0.3, -0.25) is 9.59 Å². The topological polar surface area (TPSA) is 56.4 Å². The average Bonchev–Trinajstić information content (AvgIpc) is 2.87. The number of para-hydroxylation sites is 1. The van der Waals surface area contributed by atoms with Crippen molar-refractivity contribution < 1.29 is 9.59 Å². The number of carbonyl (C=O) groups is 2. The molecule has 0 spiro atoms. The molecule has 21 heavy (non-hydrogen) atoms. The van der Waals surface area contributed by atoms with E-state index in [0.717, 1.165) is 16.5 Å². The van der Waals surface area contributed by atoms with Gasteiger partial charge in [-0.1, -0.05) is 18.2 Å². The number of benzene rings is 1. The molecule has 5 nitrogen and oxygen atoms in total. The first kappa shape index (κ1) is 15.1. The van der Waals surface area contributed by atoms with Gasteiger partial charge in [-0.05, 0) is 18.6 Å². The Hall–Kier alpha value is -2.30. The normalized spacial score (nSPS) is 10.6. The minimum Gasteiger partial charge on any atom is -0.361 e. The molecule has 2 amide bonds. The summed E-state index contributed by atoms with van der Waals surface area (Å²) in [7, 11) is 3.39. The molecular formula is C16H21N3O2. The largest absolute Gasteiger partial charge is 0.361 e. The molecule has 0 unspecified atom stereocenters. The van der Waals surface area contributed by atoms with Gasteiger partial charge in [0.25, 0.3) is 0 Å². The van der Waals surface area contributed by atoms with Crippen molar-refractivity contribution in [3.63, 3.8) is 0 Å². The SMILES string of the molecule is CCN(CC(=O)N(C)C)C(=O)Cc1c[nH]c2ccccc12. The van der Waals surface area contributed by atoms with Gasteiger partial charge < -0.3 is 14.8 Å². The number of hydrogen-bond acceptors (Lipinski definition) is 2. The van der Waals surface area contributed by atoms with Crippen LogP contribution in [-0.4, -0.2) is 53.8 Å². The first-order chi connectivity index (χ1) is 10.0. The van der Waals surface area contributed by atoms with E-state index in [2.05, 4.69) is 4.98 Å². The summed E-state index contributed by atoms with van der Waals surface area (Å²) in [6.07, 6.45) is 2.17. The molecular weight excluding hydrogens is 266 g/mol. The zero-order valence-electron chi connectivity index (χ0n) is 12.7. The third-order valence-electron chi connectivity index (χ3n) is 3.58.